The Morgan fingerprint density at radius 2 is 2.06 bits per heavy atom. The van der Waals surface area contributed by atoms with Crippen molar-refractivity contribution in [3.05, 3.63) is 28.7 Å². The van der Waals surface area contributed by atoms with Crippen molar-refractivity contribution in [2.24, 2.45) is 11.8 Å². The highest BCUT2D eigenvalue weighted by Crippen LogP contribution is 2.36. The molecule has 0 heterocycles. The molecule has 1 aliphatic rings. The summed E-state index contributed by atoms with van der Waals surface area (Å²) in [6.45, 7) is 5.12. The normalized spacial score (nSPS) is 23.1. The molecule has 0 saturated heterocycles. The number of rotatable bonds is 6. The molecule has 0 amide bonds. The summed E-state index contributed by atoms with van der Waals surface area (Å²) < 4.78 is 6.69. The van der Waals surface area contributed by atoms with Gasteiger partial charge in [0.05, 0.1) is 0 Å². The minimum atomic E-state index is 0.739. The van der Waals surface area contributed by atoms with Crippen molar-refractivity contribution >= 4 is 15.9 Å². The second-order valence-corrected chi connectivity index (χ2v) is 5.40. The molecule has 2 atom stereocenters. The van der Waals surface area contributed by atoms with Gasteiger partial charge in [-0.2, -0.15) is 0 Å². The first kappa shape index (κ1) is 11.9. The molecule has 1 aliphatic carbocycles. The third kappa shape index (κ3) is 3.80. The smallest absolute Gasteiger partial charge is 0.119 e. The first-order valence-electron chi connectivity index (χ1n) is 5.85. The van der Waals surface area contributed by atoms with Gasteiger partial charge < -0.3 is 10.1 Å². The number of nitrogens with one attached hydrogen (secondary N) is 1. The second-order valence-electron chi connectivity index (χ2n) is 4.48. The van der Waals surface area contributed by atoms with Gasteiger partial charge in [0.15, 0.2) is 0 Å². The van der Waals surface area contributed by atoms with Gasteiger partial charge in [0, 0.05) is 11.0 Å². The van der Waals surface area contributed by atoms with Gasteiger partial charge in [-0.05, 0) is 49.1 Å². The Hall–Kier alpha value is -0.540. The lowest BCUT2D eigenvalue weighted by atomic mass is 10.3. The number of hydrogen-bond donors (Lipinski definition) is 1. The van der Waals surface area contributed by atoms with E-state index in [0.717, 1.165) is 41.8 Å². The molecular weight excluding hydrogens is 266 g/mol. The van der Waals surface area contributed by atoms with E-state index in [1.54, 1.807) is 0 Å². The van der Waals surface area contributed by atoms with Crippen molar-refractivity contribution in [3.8, 4) is 5.75 Å². The summed E-state index contributed by atoms with van der Waals surface area (Å²) in [5, 5.41) is 3.43. The lowest BCUT2D eigenvalue weighted by molar-refractivity contribution is 0.312. The Morgan fingerprint density at radius 1 is 1.38 bits per heavy atom. The standard InChI is InChI=1S/C13H18BrNO/c1-10-8-11(10)9-15-6-7-16-13-4-2-12(14)3-5-13/h2-5,10-11,15H,6-9H2,1H3. The predicted octanol–water partition coefficient (Wildman–Crippen LogP) is 3.07. The third-order valence-electron chi connectivity index (χ3n) is 3.04. The fourth-order valence-electron chi connectivity index (χ4n) is 1.74. The largest absolute Gasteiger partial charge is 0.492 e. The summed E-state index contributed by atoms with van der Waals surface area (Å²) in [6, 6.07) is 7.95. The van der Waals surface area contributed by atoms with E-state index in [4.69, 9.17) is 4.74 Å². The average Bonchev–Trinajstić information content (AvgIpc) is 2.97. The summed E-state index contributed by atoms with van der Waals surface area (Å²) in [6.07, 6.45) is 1.39. The van der Waals surface area contributed by atoms with Gasteiger partial charge in [-0.15, -0.1) is 0 Å². The van der Waals surface area contributed by atoms with Crippen LogP contribution in [0.5, 0.6) is 5.75 Å². The summed E-state index contributed by atoms with van der Waals surface area (Å²) in [5.41, 5.74) is 0. The molecule has 0 aromatic heterocycles. The molecule has 0 aliphatic heterocycles. The molecule has 2 rings (SSSR count). The van der Waals surface area contributed by atoms with Crippen LogP contribution in [0.25, 0.3) is 0 Å². The molecule has 0 bridgehead atoms. The van der Waals surface area contributed by atoms with E-state index in [1.807, 2.05) is 24.3 Å². The van der Waals surface area contributed by atoms with E-state index >= 15 is 0 Å². The highest BCUT2D eigenvalue weighted by molar-refractivity contribution is 9.10. The zero-order valence-corrected chi connectivity index (χ0v) is 11.2. The molecule has 1 aromatic rings. The summed E-state index contributed by atoms with van der Waals surface area (Å²) in [5.74, 6) is 2.78. The second kappa shape index (κ2) is 5.69. The zero-order valence-electron chi connectivity index (χ0n) is 9.58. The van der Waals surface area contributed by atoms with Crippen LogP contribution < -0.4 is 10.1 Å². The predicted molar refractivity (Wildman–Crippen MR) is 69.8 cm³/mol. The van der Waals surface area contributed by atoms with Crippen molar-refractivity contribution in [1.29, 1.82) is 0 Å². The molecule has 0 spiro atoms. The Bertz CT molecular complexity index is 325. The van der Waals surface area contributed by atoms with E-state index in [0.29, 0.717) is 0 Å². The molecule has 3 heteroatoms. The van der Waals surface area contributed by atoms with Crippen molar-refractivity contribution in [2.75, 3.05) is 19.7 Å². The lowest BCUT2D eigenvalue weighted by Crippen LogP contribution is -2.23. The van der Waals surface area contributed by atoms with Crippen LogP contribution in [0, 0.1) is 11.8 Å². The SMILES string of the molecule is CC1CC1CNCCOc1ccc(Br)cc1. The molecule has 1 fully saturated rings. The maximum Gasteiger partial charge on any atom is 0.119 e. The third-order valence-corrected chi connectivity index (χ3v) is 3.57. The van der Waals surface area contributed by atoms with Crippen LogP contribution >= 0.6 is 15.9 Å². The van der Waals surface area contributed by atoms with Crippen molar-refractivity contribution < 1.29 is 4.74 Å². The van der Waals surface area contributed by atoms with Gasteiger partial charge in [0.2, 0.25) is 0 Å². The molecular formula is C13H18BrNO. The Kier molecular flexibility index (Phi) is 4.24. The Balaban J connectivity index is 1.55. The van der Waals surface area contributed by atoms with Gasteiger partial charge in [-0.3, -0.25) is 0 Å². The Morgan fingerprint density at radius 3 is 2.69 bits per heavy atom. The van der Waals surface area contributed by atoms with Crippen molar-refractivity contribution in [2.45, 2.75) is 13.3 Å². The monoisotopic (exact) mass is 283 g/mol. The minimum absolute atomic E-state index is 0.739. The molecule has 0 radical (unpaired) electrons. The van der Waals surface area contributed by atoms with Crippen LogP contribution in [-0.2, 0) is 0 Å². The number of benzene rings is 1. The molecule has 1 saturated carbocycles. The lowest BCUT2D eigenvalue weighted by Gasteiger charge is -2.07. The summed E-state index contributed by atoms with van der Waals surface area (Å²) >= 11 is 3.40. The van der Waals surface area contributed by atoms with E-state index in [-0.39, 0.29) is 0 Å². The van der Waals surface area contributed by atoms with Crippen LogP contribution in [0.15, 0.2) is 28.7 Å². The van der Waals surface area contributed by atoms with Gasteiger partial charge in [0.25, 0.3) is 0 Å². The van der Waals surface area contributed by atoms with Crippen molar-refractivity contribution in [3.63, 3.8) is 0 Å². The maximum absolute atomic E-state index is 5.61. The van der Waals surface area contributed by atoms with Gasteiger partial charge >= 0.3 is 0 Å². The zero-order chi connectivity index (χ0) is 11.4. The molecule has 2 unspecified atom stereocenters. The minimum Gasteiger partial charge on any atom is -0.492 e. The van der Waals surface area contributed by atoms with E-state index in [1.165, 1.54) is 6.42 Å². The van der Waals surface area contributed by atoms with Crippen LogP contribution in [-0.4, -0.2) is 19.7 Å². The number of ether oxygens (including phenoxy) is 1. The number of halogens is 1. The number of hydrogen-bond acceptors (Lipinski definition) is 2. The molecule has 88 valence electrons. The fourth-order valence-corrected chi connectivity index (χ4v) is 2.01. The highest BCUT2D eigenvalue weighted by atomic mass is 79.9. The van der Waals surface area contributed by atoms with Crippen LogP contribution in [0.3, 0.4) is 0 Å². The first-order valence-corrected chi connectivity index (χ1v) is 6.64. The van der Waals surface area contributed by atoms with Crippen LogP contribution in [0.4, 0.5) is 0 Å². The van der Waals surface area contributed by atoms with Crippen molar-refractivity contribution in [1.82, 2.24) is 5.32 Å². The molecule has 16 heavy (non-hydrogen) atoms. The van der Waals surface area contributed by atoms with E-state index < -0.39 is 0 Å². The Labute approximate surface area is 106 Å². The first-order chi connectivity index (χ1) is 7.75. The fraction of sp³-hybridized carbons (Fsp3) is 0.538. The summed E-state index contributed by atoms with van der Waals surface area (Å²) in [7, 11) is 0. The van der Waals surface area contributed by atoms with Gasteiger partial charge in [-0.1, -0.05) is 22.9 Å². The molecule has 1 aromatic carbocycles. The average molecular weight is 284 g/mol. The highest BCUT2D eigenvalue weighted by Gasteiger charge is 2.31. The summed E-state index contributed by atoms with van der Waals surface area (Å²) in [4.78, 5) is 0. The van der Waals surface area contributed by atoms with E-state index in [2.05, 4.69) is 28.2 Å². The van der Waals surface area contributed by atoms with E-state index in [9.17, 15) is 0 Å². The topological polar surface area (TPSA) is 21.3 Å². The maximum atomic E-state index is 5.61. The van der Waals surface area contributed by atoms with Gasteiger partial charge in [0.1, 0.15) is 12.4 Å². The van der Waals surface area contributed by atoms with Gasteiger partial charge in [-0.25, -0.2) is 0 Å². The van der Waals surface area contributed by atoms with Crippen LogP contribution in [0.1, 0.15) is 13.3 Å². The van der Waals surface area contributed by atoms with Crippen LogP contribution in [0.2, 0.25) is 0 Å². The molecule has 2 nitrogen and oxygen atoms in total. The molecule has 1 N–H and O–H groups in total. The quantitative estimate of drug-likeness (QED) is 0.811.